The Kier molecular flexibility index (Phi) is 3.42. The number of hydrazine groups is 1. The number of rotatable bonds is 4. The van der Waals surface area contributed by atoms with Crippen molar-refractivity contribution in [1.29, 1.82) is 0 Å². The minimum atomic E-state index is 0.380. The van der Waals surface area contributed by atoms with Gasteiger partial charge in [0.1, 0.15) is 5.82 Å². The standard InChI is InChI=1S/C11H17N7/c1-4-8-9(6-18(3)17-8)14-10-7(2)5-13-11(15-10)16-12/h5-6H,4,12H2,1-3H3,(H2,13,14,15,16). The molecule has 2 heterocycles. The minimum absolute atomic E-state index is 0.380. The molecule has 0 amide bonds. The van der Waals surface area contributed by atoms with Gasteiger partial charge in [-0.25, -0.2) is 10.8 Å². The smallest absolute Gasteiger partial charge is 0.239 e. The lowest BCUT2D eigenvalue weighted by Gasteiger charge is -2.08. The van der Waals surface area contributed by atoms with Gasteiger partial charge in [-0.3, -0.25) is 10.1 Å². The van der Waals surface area contributed by atoms with Gasteiger partial charge >= 0.3 is 0 Å². The van der Waals surface area contributed by atoms with E-state index in [0.717, 1.165) is 29.2 Å². The molecule has 0 aliphatic carbocycles. The SMILES string of the molecule is CCc1nn(C)cc1Nc1nc(NN)ncc1C. The normalized spacial score (nSPS) is 10.4. The van der Waals surface area contributed by atoms with Crippen molar-refractivity contribution in [3.8, 4) is 0 Å². The summed E-state index contributed by atoms with van der Waals surface area (Å²) in [5, 5.41) is 7.63. The summed E-state index contributed by atoms with van der Waals surface area (Å²) in [6.45, 7) is 4.00. The van der Waals surface area contributed by atoms with Crippen LogP contribution in [0, 0.1) is 6.92 Å². The second kappa shape index (κ2) is 5.01. The van der Waals surface area contributed by atoms with E-state index in [1.807, 2.05) is 20.2 Å². The van der Waals surface area contributed by atoms with Gasteiger partial charge in [-0.2, -0.15) is 10.1 Å². The van der Waals surface area contributed by atoms with Crippen LogP contribution in [-0.4, -0.2) is 19.7 Å². The third-order valence-electron chi connectivity index (χ3n) is 2.59. The number of hydrogen-bond acceptors (Lipinski definition) is 6. The quantitative estimate of drug-likeness (QED) is 0.553. The van der Waals surface area contributed by atoms with Gasteiger partial charge in [0, 0.05) is 25.0 Å². The van der Waals surface area contributed by atoms with Crippen molar-refractivity contribution in [2.24, 2.45) is 12.9 Å². The van der Waals surface area contributed by atoms with Gasteiger partial charge in [-0.15, -0.1) is 0 Å². The van der Waals surface area contributed by atoms with Crippen LogP contribution in [0.4, 0.5) is 17.5 Å². The fourth-order valence-electron chi connectivity index (χ4n) is 1.67. The number of aromatic nitrogens is 4. The highest BCUT2D eigenvalue weighted by Crippen LogP contribution is 2.21. The molecular weight excluding hydrogens is 230 g/mol. The van der Waals surface area contributed by atoms with Crippen molar-refractivity contribution < 1.29 is 0 Å². The van der Waals surface area contributed by atoms with Gasteiger partial charge in [0.15, 0.2) is 0 Å². The molecule has 0 aromatic carbocycles. The van der Waals surface area contributed by atoms with E-state index in [1.54, 1.807) is 10.9 Å². The number of nitrogens with one attached hydrogen (secondary N) is 2. The molecule has 96 valence electrons. The Morgan fingerprint density at radius 2 is 2.22 bits per heavy atom. The van der Waals surface area contributed by atoms with E-state index < -0.39 is 0 Å². The first-order valence-electron chi connectivity index (χ1n) is 5.73. The summed E-state index contributed by atoms with van der Waals surface area (Å²) < 4.78 is 1.78. The number of nitrogens with two attached hydrogens (primary N) is 1. The van der Waals surface area contributed by atoms with Crippen LogP contribution in [0.15, 0.2) is 12.4 Å². The molecule has 0 fully saturated rings. The number of hydrogen-bond donors (Lipinski definition) is 3. The van der Waals surface area contributed by atoms with Crippen molar-refractivity contribution >= 4 is 17.5 Å². The predicted molar refractivity (Wildman–Crippen MR) is 70.4 cm³/mol. The number of nitrogens with zero attached hydrogens (tertiary/aromatic N) is 4. The van der Waals surface area contributed by atoms with E-state index in [-0.39, 0.29) is 0 Å². The summed E-state index contributed by atoms with van der Waals surface area (Å²) in [5.74, 6) is 6.41. The summed E-state index contributed by atoms with van der Waals surface area (Å²) in [7, 11) is 1.89. The van der Waals surface area contributed by atoms with Gasteiger partial charge in [0.25, 0.3) is 0 Å². The Labute approximate surface area is 105 Å². The summed E-state index contributed by atoms with van der Waals surface area (Å²) in [5.41, 5.74) is 5.32. The number of nitrogen functional groups attached to an aromatic ring is 1. The largest absolute Gasteiger partial charge is 0.337 e. The molecule has 0 radical (unpaired) electrons. The summed E-state index contributed by atoms with van der Waals surface area (Å²) in [6, 6.07) is 0. The van der Waals surface area contributed by atoms with Gasteiger partial charge in [-0.05, 0) is 13.3 Å². The molecule has 2 aromatic rings. The molecule has 7 nitrogen and oxygen atoms in total. The molecule has 0 bridgehead atoms. The molecule has 0 saturated heterocycles. The van der Waals surface area contributed by atoms with E-state index >= 15 is 0 Å². The molecule has 0 aliphatic heterocycles. The average Bonchev–Trinajstić information content (AvgIpc) is 2.72. The molecule has 0 aliphatic rings. The lowest BCUT2D eigenvalue weighted by atomic mass is 10.3. The third-order valence-corrected chi connectivity index (χ3v) is 2.59. The predicted octanol–water partition coefficient (Wildman–Crippen LogP) is 1.11. The molecule has 0 atom stereocenters. The molecule has 0 spiro atoms. The maximum atomic E-state index is 5.30. The van der Waals surface area contributed by atoms with Gasteiger partial charge < -0.3 is 5.32 Å². The first kappa shape index (κ1) is 12.3. The Morgan fingerprint density at radius 3 is 2.89 bits per heavy atom. The minimum Gasteiger partial charge on any atom is -0.337 e. The second-order valence-electron chi connectivity index (χ2n) is 4.01. The zero-order valence-electron chi connectivity index (χ0n) is 10.7. The molecule has 4 N–H and O–H groups in total. The summed E-state index contributed by atoms with van der Waals surface area (Å²) >= 11 is 0. The van der Waals surface area contributed by atoms with Crippen LogP contribution in [0.5, 0.6) is 0 Å². The Hall–Kier alpha value is -2.15. The van der Waals surface area contributed by atoms with Crippen LogP contribution in [0.1, 0.15) is 18.2 Å². The van der Waals surface area contributed by atoms with Crippen molar-refractivity contribution in [3.63, 3.8) is 0 Å². The number of anilines is 3. The summed E-state index contributed by atoms with van der Waals surface area (Å²) in [6.07, 6.45) is 4.50. The van der Waals surface area contributed by atoms with E-state index in [4.69, 9.17) is 5.84 Å². The zero-order chi connectivity index (χ0) is 13.1. The van der Waals surface area contributed by atoms with Gasteiger partial charge in [0.2, 0.25) is 5.95 Å². The van der Waals surface area contributed by atoms with Crippen LogP contribution in [-0.2, 0) is 13.5 Å². The van der Waals surface area contributed by atoms with Gasteiger partial charge in [0.05, 0.1) is 11.4 Å². The molecule has 7 heteroatoms. The van der Waals surface area contributed by atoms with E-state index in [1.165, 1.54) is 0 Å². The Balaban J connectivity index is 2.32. The Bertz CT molecular complexity index is 546. The van der Waals surface area contributed by atoms with Crippen LogP contribution >= 0.6 is 0 Å². The zero-order valence-corrected chi connectivity index (χ0v) is 10.7. The highest BCUT2D eigenvalue weighted by molar-refractivity contribution is 5.61. The topological polar surface area (TPSA) is 93.7 Å². The second-order valence-corrected chi connectivity index (χ2v) is 4.01. The van der Waals surface area contributed by atoms with Crippen molar-refractivity contribution in [2.45, 2.75) is 20.3 Å². The maximum absolute atomic E-state index is 5.30. The highest BCUT2D eigenvalue weighted by atomic mass is 15.3. The molecule has 2 aromatic heterocycles. The molecule has 0 unspecified atom stereocenters. The maximum Gasteiger partial charge on any atom is 0.239 e. The lowest BCUT2D eigenvalue weighted by Crippen LogP contribution is -2.11. The summed E-state index contributed by atoms with van der Waals surface area (Å²) in [4.78, 5) is 8.31. The molecule has 0 saturated carbocycles. The van der Waals surface area contributed by atoms with Crippen LogP contribution < -0.4 is 16.6 Å². The highest BCUT2D eigenvalue weighted by Gasteiger charge is 2.09. The monoisotopic (exact) mass is 247 g/mol. The van der Waals surface area contributed by atoms with E-state index in [0.29, 0.717) is 5.95 Å². The molecule has 18 heavy (non-hydrogen) atoms. The van der Waals surface area contributed by atoms with Crippen molar-refractivity contribution in [3.05, 3.63) is 23.7 Å². The van der Waals surface area contributed by atoms with E-state index in [2.05, 4.69) is 32.7 Å². The number of aryl methyl sites for hydroxylation is 3. The first-order chi connectivity index (χ1) is 8.63. The van der Waals surface area contributed by atoms with E-state index in [9.17, 15) is 0 Å². The average molecular weight is 247 g/mol. The van der Waals surface area contributed by atoms with Crippen LogP contribution in [0.2, 0.25) is 0 Å². The van der Waals surface area contributed by atoms with Gasteiger partial charge in [-0.1, -0.05) is 6.92 Å². The fraction of sp³-hybridized carbons (Fsp3) is 0.364. The fourth-order valence-corrected chi connectivity index (χ4v) is 1.67. The molecular formula is C11H17N7. The Morgan fingerprint density at radius 1 is 1.44 bits per heavy atom. The van der Waals surface area contributed by atoms with Crippen molar-refractivity contribution in [2.75, 3.05) is 10.7 Å². The van der Waals surface area contributed by atoms with Crippen molar-refractivity contribution in [1.82, 2.24) is 19.7 Å². The van der Waals surface area contributed by atoms with Crippen LogP contribution in [0.3, 0.4) is 0 Å². The van der Waals surface area contributed by atoms with Crippen LogP contribution in [0.25, 0.3) is 0 Å². The third kappa shape index (κ3) is 2.40. The molecule has 2 rings (SSSR count). The first-order valence-corrected chi connectivity index (χ1v) is 5.73. The lowest BCUT2D eigenvalue weighted by molar-refractivity contribution is 0.746.